The van der Waals surface area contributed by atoms with Gasteiger partial charge in [-0.25, -0.2) is 14.2 Å². The van der Waals surface area contributed by atoms with Gasteiger partial charge in [-0.1, -0.05) is 74.5 Å². The van der Waals surface area contributed by atoms with Crippen molar-refractivity contribution in [2.75, 3.05) is 0 Å². The molecule has 0 saturated carbocycles. The van der Waals surface area contributed by atoms with E-state index in [1.165, 1.54) is 4.57 Å². The fraction of sp³-hybridized carbons (Fsp3) is 0.233. The molecule has 0 radical (unpaired) electrons. The number of benzene rings is 3. The lowest BCUT2D eigenvalue weighted by Gasteiger charge is -2.11. The molecule has 0 amide bonds. The average Bonchev–Trinajstić information content (AvgIpc) is 3.11. The van der Waals surface area contributed by atoms with Crippen LogP contribution >= 0.6 is 0 Å². The number of nitrogens with zero attached hydrogens (tertiary/aromatic N) is 2. The van der Waals surface area contributed by atoms with E-state index < -0.39 is 5.97 Å². The zero-order valence-corrected chi connectivity index (χ0v) is 20.8. The van der Waals surface area contributed by atoms with E-state index in [-0.39, 0.29) is 17.2 Å². The van der Waals surface area contributed by atoms with Gasteiger partial charge in [-0.15, -0.1) is 0 Å². The summed E-state index contributed by atoms with van der Waals surface area (Å²) in [7, 11) is 0. The van der Waals surface area contributed by atoms with Gasteiger partial charge >= 0.3 is 11.7 Å². The van der Waals surface area contributed by atoms with Crippen molar-refractivity contribution in [2.24, 2.45) is 5.92 Å². The molecule has 3 aromatic carbocycles. The van der Waals surface area contributed by atoms with Gasteiger partial charge in [-0.05, 0) is 60.6 Å². The molecule has 0 aliphatic heterocycles. The molecule has 6 heteroatoms. The first kappa shape index (κ1) is 24.9. The average molecular weight is 483 g/mol. The van der Waals surface area contributed by atoms with E-state index in [2.05, 4.69) is 13.8 Å². The van der Waals surface area contributed by atoms with Gasteiger partial charge in [0, 0.05) is 17.0 Å². The summed E-state index contributed by atoms with van der Waals surface area (Å²) in [5.74, 6) is -0.853. The number of carbonyl (C=O) groups is 2. The third kappa shape index (κ3) is 5.08. The quantitative estimate of drug-likeness (QED) is 0.352. The standard InChI is InChI=1S/C30H30N2O4/c1-20(2)13-18-27-21(3)32(28(33)24-9-5-4-6-10-24)30(36)31(27)19-22-14-16-23(17-15-22)25-11-7-8-12-26(25)29(34)35/h4-12,14-17,20H,13,18-19H2,1-3H3,(H,34,35). The van der Waals surface area contributed by atoms with E-state index in [9.17, 15) is 19.5 Å². The zero-order valence-electron chi connectivity index (χ0n) is 20.8. The van der Waals surface area contributed by atoms with Gasteiger partial charge in [0.1, 0.15) is 0 Å². The maximum atomic E-state index is 13.5. The van der Waals surface area contributed by atoms with Gasteiger partial charge in [0.15, 0.2) is 0 Å². The Hall–Kier alpha value is -4.19. The largest absolute Gasteiger partial charge is 0.478 e. The Bertz CT molecular complexity index is 1440. The highest BCUT2D eigenvalue weighted by atomic mass is 16.4. The van der Waals surface area contributed by atoms with Crippen molar-refractivity contribution in [2.45, 2.75) is 40.2 Å². The maximum absolute atomic E-state index is 13.5. The van der Waals surface area contributed by atoms with E-state index in [1.807, 2.05) is 43.3 Å². The number of rotatable bonds is 8. The third-order valence-corrected chi connectivity index (χ3v) is 6.45. The number of carbonyl (C=O) groups excluding carboxylic acids is 1. The lowest BCUT2D eigenvalue weighted by atomic mass is 9.98. The van der Waals surface area contributed by atoms with Gasteiger partial charge in [0.05, 0.1) is 12.1 Å². The van der Waals surface area contributed by atoms with E-state index >= 15 is 0 Å². The van der Waals surface area contributed by atoms with Gasteiger partial charge in [-0.3, -0.25) is 9.36 Å². The minimum atomic E-state index is -0.976. The summed E-state index contributed by atoms with van der Waals surface area (Å²) in [5, 5.41) is 9.51. The van der Waals surface area contributed by atoms with Crippen LogP contribution < -0.4 is 5.69 Å². The summed E-state index contributed by atoms with van der Waals surface area (Å²) in [4.78, 5) is 38.4. The summed E-state index contributed by atoms with van der Waals surface area (Å²) in [6.07, 6.45) is 1.59. The van der Waals surface area contributed by atoms with Crippen LogP contribution in [-0.4, -0.2) is 26.1 Å². The second-order valence-electron chi connectivity index (χ2n) is 9.39. The predicted octanol–water partition coefficient (Wildman–Crippen LogP) is 5.65. The van der Waals surface area contributed by atoms with E-state index in [0.717, 1.165) is 23.2 Å². The molecule has 0 atom stereocenters. The molecule has 1 heterocycles. The minimum absolute atomic E-state index is 0.240. The monoisotopic (exact) mass is 482 g/mol. The summed E-state index contributed by atoms with van der Waals surface area (Å²) >= 11 is 0. The second kappa shape index (κ2) is 10.6. The summed E-state index contributed by atoms with van der Waals surface area (Å²) < 4.78 is 2.97. The van der Waals surface area contributed by atoms with Crippen LogP contribution in [0, 0.1) is 12.8 Å². The van der Waals surface area contributed by atoms with Crippen LogP contribution in [0.25, 0.3) is 11.1 Å². The molecule has 0 unspecified atom stereocenters. The van der Waals surface area contributed by atoms with E-state index in [4.69, 9.17) is 0 Å². The van der Waals surface area contributed by atoms with Gasteiger partial charge < -0.3 is 5.11 Å². The minimum Gasteiger partial charge on any atom is -0.478 e. The van der Waals surface area contributed by atoms with Crippen LogP contribution in [0.2, 0.25) is 0 Å². The smallest absolute Gasteiger partial charge is 0.336 e. The second-order valence-corrected chi connectivity index (χ2v) is 9.39. The van der Waals surface area contributed by atoms with Crippen molar-refractivity contribution in [3.05, 3.63) is 117 Å². The van der Waals surface area contributed by atoms with Crippen molar-refractivity contribution < 1.29 is 14.7 Å². The molecule has 0 fully saturated rings. The Morgan fingerprint density at radius 3 is 2.17 bits per heavy atom. The Morgan fingerprint density at radius 1 is 0.889 bits per heavy atom. The number of hydrogen-bond acceptors (Lipinski definition) is 3. The number of aromatic carboxylic acids is 1. The number of carboxylic acid groups (broad SMARTS) is 1. The fourth-order valence-electron chi connectivity index (χ4n) is 4.45. The molecule has 0 spiro atoms. The number of imidazole rings is 1. The molecule has 0 bridgehead atoms. The van der Waals surface area contributed by atoms with E-state index in [1.54, 1.807) is 47.0 Å². The van der Waals surface area contributed by atoms with Crippen LogP contribution in [0.1, 0.15) is 57.9 Å². The molecule has 6 nitrogen and oxygen atoms in total. The summed E-state index contributed by atoms with van der Waals surface area (Å²) in [6.45, 7) is 6.43. The molecule has 4 aromatic rings. The first-order chi connectivity index (χ1) is 17.3. The Morgan fingerprint density at radius 2 is 1.53 bits per heavy atom. The number of hydrogen-bond donors (Lipinski definition) is 1. The van der Waals surface area contributed by atoms with Crippen LogP contribution in [0.3, 0.4) is 0 Å². The van der Waals surface area contributed by atoms with Crippen LogP contribution in [0.15, 0.2) is 83.7 Å². The predicted molar refractivity (Wildman–Crippen MR) is 141 cm³/mol. The molecule has 1 N–H and O–H groups in total. The Kier molecular flexibility index (Phi) is 7.34. The maximum Gasteiger partial charge on any atom is 0.336 e. The molecular weight excluding hydrogens is 452 g/mol. The SMILES string of the molecule is Cc1c(CCC(C)C)n(Cc2ccc(-c3ccccc3C(=O)O)cc2)c(=O)n1C(=O)c1ccccc1. The highest BCUT2D eigenvalue weighted by molar-refractivity contribution is 5.96. The number of aromatic nitrogens is 2. The zero-order chi connectivity index (χ0) is 25.8. The van der Waals surface area contributed by atoms with Crippen molar-refractivity contribution in [3.63, 3.8) is 0 Å². The first-order valence-corrected chi connectivity index (χ1v) is 12.1. The molecular formula is C30H30N2O4. The van der Waals surface area contributed by atoms with Crippen molar-refractivity contribution in [3.8, 4) is 11.1 Å². The van der Waals surface area contributed by atoms with Crippen LogP contribution in [-0.2, 0) is 13.0 Å². The molecule has 184 valence electrons. The van der Waals surface area contributed by atoms with Crippen molar-refractivity contribution in [1.29, 1.82) is 0 Å². The van der Waals surface area contributed by atoms with E-state index in [0.29, 0.717) is 35.7 Å². The highest BCUT2D eigenvalue weighted by Crippen LogP contribution is 2.25. The van der Waals surface area contributed by atoms with Gasteiger partial charge in [-0.2, -0.15) is 0 Å². The van der Waals surface area contributed by atoms with Crippen LogP contribution in [0.4, 0.5) is 0 Å². The van der Waals surface area contributed by atoms with Crippen molar-refractivity contribution in [1.82, 2.24) is 9.13 Å². The normalized spacial score (nSPS) is 11.1. The molecule has 36 heavy (non-hydrogen) atoms. The first-order valence-electron chi connectivity index (χ1n) is 12.1. The number of carboxylic acids is 1. The molecule has 0 aliphatic carbocycles. The fourth-order valence-corrected chi connectivity index (χ4v) is 4.45. The Labute approximate surface area is 210 Å². The molecule has 0 aliphatic rings. The highest BCUT2D eigenvalue weighted by Gasteiger charge is 2.22. The van der Waals surface area contributed by atoms with Gasteiger partial charge in [0.2, 0.25) is 0 Å². The summed E-state index contributed by atoms with van der Waals surface area (Å²) in [6, 6.07) is 23.3. The lowest BCUT2D eigenvalue weighted by molar-refractivity contribution is 0.0697. The summed E-state index contributed by atoms with van der Waals surface area (Å²) in [5.41, 5.74) is 4.21. The molecule has 4 rings (SSSR count). The molecule has 0 saturated heterocycles. The Balaban J connectivity index is 1.71. The van der Waals surface area contributed by atoms with Gasteiger partial charge in [0.25, 0.3) is 5.91 Å². The van der Waals surface area contributed by atoms with Crippen molar-refractivity contribution >= 4 is 11.9 Å². The third-order valence-electron chi connectivity index (χ3n) is 6.45. The molecule has 1 aromatic heterocycles. The van der Waals surface area contributed by atoms with Crippen LogP contribution in [0.5, 0.6) is 0 Å². The topological polar surface area (TPSA) is 81.3 Å². The lowest BCUT2D eigenvalue weighted by Crippen LogP contribution is -2.30.